The summed E-state index contributed by atoms with van der Waals surface area (Å²) in [6.45, 7) is 11.7. The largest absolute Gasteiger partial charge is 0.497 e. The van der Waals surface area contributed by atoms with Crippen molar-refractivity contribution in [3.63, 3.8) is 0 Å². The molecule has 0 radical (unpaired) electrons. The number of Topliss-reactive ketones (excluding diaryl/α,β-unsaturated/α-hetero) is 1. The summed E-state index contributed by atoms with van der Waals surface area (Å²) < 4.78 is 7.35. The molecule has 0 saturated carbocycles. The Balaban J connectivity index is 1.77. The van der Waals surface area contributed by atoms with E-state index in [4.69, 9.17) is 16.4 Å². The van der Waals surface area contributed by atoms with Gasteiger partial charge in [-0.15, -0.1) is 0 Å². The average molecular weight is 424 g/mol. The lowest BCUT2D eigenvalue weighted by Gasteiger charge is -2.44. The van der Waals surface area contributed by atoms with E-state index < -0.39 is 5.41 Å². The van der Waals surface area contributed by atoms with E-state index in [1.54, 1.807) is 7.11 Å². The quantitative estimate of drug-likeness (QED) is 0.531. The van der Waals surface area contributed by atoms with Crippen LogP contribution in [-0.4, -0.2) is 22.7 Å². The molecule has 32 heavy (non-hydrogen) atoms. The number of benzene rings is 2. The van der Waals surface area contributed by atoms with Crippen molar-refractivity contribution in [3.05, 3.63) is 89.0 Å². The highest BCUT2D eigenvalue weighted by Gasteiger charge is 2.50. The number of allylic oxidation sites excluding steroid dienone is 2. The molecule has 2 aliphatic rings. The number of hydrogen-bond donors (Lipinski definition) is 0. The van der Waals surface area contributed by atoms with Crippen molar-refractivity contribution in [2.75, 3.05) is 7.11 Å². The number of nitrogens with zero attached hydrogens (tertiary/aromatic N) is 3. The van der Waals surface area contributed by atoms with Gasteiger partial charge in [-0.2, -0.15) is 5.10 Å². The van der Waals surface area contributed by atoms with E-state index >= 15 is 0 Å². The van der Waals surface area contributed by atoms with Gasteiger partial charge in [0.1, 0.15) is 5.75 Å². The highest BCUT2D eigenvalue weighted by molar-refractivity contribution is 6.00. The Hall–Kier alpha value is -3.65. The van der Waals surface area contributed by atoms with E-state index in [0.29, 0.717) is 0 Å². The first-order valence-corrected chi connectivity index (χ1v) is 10.9. The van der Waals surface area contributed by atoms with Crippen LogP contribution in [0.5, 0.6) is 5.75 Å². The summed E-state index contributed by atoms with van der Waals surface area (Å²) in [5, 5.41) is 5.15. The summed E-state index contributed by atoms with van der Waals surface area (Å²) in [6.07, 6.45) is 3.63. The summed E-state index contributed by atoms with van der Waals surface area (Å²) in [5.41, 5.74) is 5.10. The fourth-order valence-corrected chi connectivity index (χ4v) is 5.50. The predicted octanol–water partition coefficient (Wildman–Crippen LogP) is 5.39. The summed E-state index contributed by atoms with van der Waals surface area (Å²) in [7, 11) is 1.66. The van der Waals surface area contributed by atoms with Gasteiger partial charge >= 0.3 is 0 Å². The highest BCUT2D eigenvalue weighted by atomic mass is 16.5. The van der Waals surface area contributed by atoms with Crippen LogP contribution in [0.15, 0.2) is 66.4 Å². The first kappa shape index (κ1) is 20.3. The van der Waals surface area contributed by atoms with Gasteiger partial charge in [0.2, 0.25) is 5.70 Å². The van der Waals surface area contributed by atoms with Crippen LogP contribution in [0.2, 0.25) is 0 Å². The number of carbonyl (C=O) groups is 1. The number of ketones is 1. The predicted molar refractivity (Wildman–Crippen MR) is 124 cm³/mol. The molecule has 0 amide bonds. The molecule has 160 valence electrons. The molecule has 2 aliphatic carbocycles. The first-order chi connectivity index (χ1) is 15.5. The molecule has 5 nitrogen and oxygen atoms in total. The fraction of sp³-hybridized carbons (Fsp3) is 0.296. The SMILES string of the molecule is [C-]#[N+]C1=C[C@@]2(C)c3nn(-c4ccc(OC)cc4)c(-c4ccccc4)c3CC[C@@H]2[C@@H](C)C1=O. The van der Waals surface area contributed by atoms with Gasteiger partial charge < -0.3 is 9.53 Å². The monoisotopic (exact) mass is 423 g/mol. The molecular weight excluding hydrogens is 398 g/mol. The van der Waals surface area contributed by atoms with E-state index in [1.165, 1.54) is 5.56 Å². The van der Waals surface area contributed by atoms with Crippen molar-refractivity contribution in [2.24, 2.45) is 11.8 Å². The average Bonchev–Trinajstić information content (AvgIpc) is 3.23. The molecule has 1 heterocycles. The van der Waals surface area contributed by atoms with Crippen molar-refractivity contribution in [3.8, 4) is 22.7 Å². The summed E-state index contributed by atoms with van der Waals surface area (Å²) in [4.78, 5) is 16.3. The summed E-state index contributed by atoms with van der Waals surface area (Å²) in [5.74, 6) is 0.705. The number of carbonyl (C=O) groups excluding carboxylic acids is 1. The van der Waals surface area contributed by atoms with Crippen molar-refractivity contribution >= 4 is 5.78 Å². The number of methoxy groups -OCH3 is 1. The zero-order chi connectivity index (χ0) is 22.5. The van der Waals surface area contributed by atoms with E-state index in [2.05, 4.69) is 23.9 Å². The third-order valence-corrected chi connectivity index (χ3v) is 7.16. The van der Waals surface area contributed by atoms with Crippen LogP contribution in [-0.2, 0) is 16.6 Å². The number of rotatable bonds is 3. The van der Waals surface area contributed by atoms with Gasteiger partial charge in [0.15, 0.2) is 5.78 Å². The topological polar surface area (TPSA) is 48.5 Å². The molecule has 0 saturated heterocycles. The van der Waals surface area contributed by atoms with Crippen molar-refractivity contribution in [1.82, 2.24) is 9.78 Å². The lowest BCUT2D eigenvalue weighted by atomic mass is 9.58. The fourth-order valence-electron chi connectivity index (χ4n) is 5.50. The number of aromatic nitrogens is 2. The maximum absolute atomic E-state index is 12.7. The number of fused-ring (bicyclic) bond motifs is 3. The minimum Gasteiger partial charge on any atom is -0.497 e. The van der Waals surface area contributed by atoms with Crippen molar-refractivity contribution < 1.29 is 9.53 Å². The summed E-state index contributed by atoms with van der Waals surface area (Å²) in [6, 6.07) is 18.2. The van der Waals surface area contributed by atoms with Crippen LogP contribution >= 0.6 is 0 Å². The second-order valence-corrected chi connectivity index (χ2v) is 8.87. The Labute approximate surface area is 188 Å². The Morgan fingerprint density at radius 2 is 1.88 bits per heavy atom. The van der Waals surface area contributed by atoms with Crippen LogP contribution in [0.25, 0.3) is 21.8 Å². The standard InChI is InChI=1S/C27H25N3O2/c1-17-22-15-14-21-24(18-8-6-5-7-9-18)30(19-10-12-20(32-4)13-11-19)29-26(21)27(22,2)16-23(28-3)25(17)31/h5-13,16-17,22H,14-15H2,1-2,4H3/t17-,22-,27-/m1/s1. The van der Waals surface area contributed by atoms with Gasteiger partial charge in [-0.25, -0.2) is 9.53 Å². The molecule has 5 heteroatoms. The van der Waals surface area contributed by atoms with Gasteiger partial charge in [0.05, 0.1) is 30.8 Å². The molecule has 2 aromatic carbocycles. The molecule has 0 bridgehead atoms. The maximum Gasteiger partial charge on any atom is 0.226 e. The lowest BCUT2D eigenvalue weighted by molar-refractivity contribution is -0.121. The van der Waals surface area contributed by atoms with Gasteiger partial charge in [0.25, 0.3) is 0 Å². The Kier molecular flexibility index (Phi) is 4.74. The normalized spacial score (nSPS) is 24.2. The van der Waals surface area contributed by atoms with E-state index in [-0.39, 0.29) is 23.3 Å². The minimum absolute atomic E-state index is 0.0382. The highest BCUT2D eigenvalue weighted by Crippen LogP contribution is 2.51. The second kappa shape index (κ2) is 7.49. The van der Waals surface area contributed by atoms with Gasteiger partial charge in [-0.3, -0.25) is 0 Å². The molecule has 0 N–H and O–H groups in total. The molecule has 0 unspecified atom stereocenters. The minimum atomic E-state index is -0.456. The van der Waals surface area contributed by atoms with Crippen LogP contribution in [0, 0.1) is 18.4 Å². The molecule has 3 atom stereocenters. The summed E-state index contributed by atoms with van der Waals surface area (Å²) >= 11 is 0. The van der Waals surface area contributed by atoms with Crippen LogP contribution in [0.3, 0.4) is 0 Å². The first-order valence-electron chi connectivity index (χ1n) is 10.9. The van der Waals surface area contributed by atoms with E-state index in [0.717, 1.165) is 41.2 Å². The van der Waals surface area contributed by atoms with Crippen LogP contribution in [0.1, 0.15) is 31.5 Å². The number of ether oxygens (including phenoxy) is 1. The maximum atomic E-state index is 12.7. The smallest absolute Gasteiger partial charge is 0.226 e. The lowest BCUT2D eigenvalue weighted by Crippen LogP contribution is -2.45. The van der Waals surface area contributed by atoms with Gasteiger partial charge in [0, 0.05) is 22.5 Å². The molecule has 0 spiro atoms. The Bertz CT molecular complexity index is 1260. The molecule has 1 aromatic heterocycles. The van der Waals surface area contributed by atoms with Gasteiger partial charge in [-0.05, 0) is 43.0 Å². The van der Waals surface area contributed by atoms with Gasteiger partial charge in [-0.1, -0.05) is 50.3 Å². The zero-order valence-electron chi connectivity index (χ0n) is 18.5. The second-order valence-electron chi connectivity index (χ2n) is 8.87. The molecule has 0 aliphatic heterocycles. The Morgan fingerprint density at radius 1 is 1.16 bits per heavy atom. The van der Waals surface area contributed by atoms with Crippen LogP contribution in [0.4, 0.5) is 0 Å². The third kappa shape index (κ3) is 2.90. The molecule has 0 fully saturated rings. The van der Waals surface area contributed by atoms with Crippen LogP contribution < -0.4 is 4.74 Å². The van der Waals surface area contributed by atoms with E-state index in [9.17, 15) is 4.79 Å². The van der Waals surface area contributed by atoms with Crippen molar-refractivity contribution in [1.29, 1.82) is 0 Å². The molecule has 3 aromatic rings. The Morgan fingerprint density at radius 3 is 2.53 bits per heavy atom. The molecular formula is C27H25N3O2. The third-order valence-electron chi connectivity index (χ3n) is 7.16. The zero-order valence-corrected chi connectivity index (χ0v) is 18.5. The van der Waals surface area contributed by atoms with E-state index in [1.807, 2.05) is 60.1 Å². The molecule has 5 rings (SSSR count). The van der Waals surface area contributed by atoms with Crippen molar-refractivity contribution in [2.45, 2.75) is 32.1 Å². The number of hydrogen-bond acceptors (Lipinski definition) is 3.